The molecule has 0 atom stereocenters. The third-order valence-electron chi connectivity index (χ3n) is 6.19. The highest BCUT2D eigenvalue weighted by molar-refractivity contribution is 6.02. The van der Waals surface area contributed by atoms with Gasteiger partial charge in [0.15, 0.2) is 5.69 Å². The number of nitrogens with zero attached hydrogens (tertiary/aromatic N) is 5. The minimum atomic E-state index is -0.252. The van der Waals surface area contributed by atoms with Gasteiger partial charge in [0.05, 0.1) is 23.3 Å². The highest BCUT2D eigenvalue weighted by Gasteiger charge is 2.24. The second-order valence-electron chi connectivity index (χ2n) is 8.11. The molecule has 30 heavy (non-hydrogen) atoms. The molecule has 3 aromatic rings. The quantitative estimate of drug-likeness (QED) is 0.659. The number of para-hydroxylation sites is 2. The normalized spacial score (nSPS) is 18.3. The lowest BCUT2D eigenvalue weighted by Gasteiger charge is -2.25. The van der Waals surface area contributed by atoms with E-state index in [2.05, 4.69) is 31.6 Å². The number of halogens is 1. The van der Waals surface area contributed by atoms with Crippen LogP contribution in [0.5, 0.6) is 0 Å². The molecule has 8 nitrogen and oxygen atoms in total. The third kappa shape index (κ3) is 4.06. The van der Waals surface area contributed by atoms with Gasteiger partial charge in [0.25, 0.3) is 5.91 Å². The predicted octanol–water partition coefficient (Wildman–Crippen LogP) is 3.73. The van der Waals surface area contributed by atoms with E-state index in [-0.39, 0.29) is 18.3 Å². The van der Waals surface area contributed by atoms with Crippen molar-refractivity contribution in [2.45, 2.75) is 57.0 Å². The van der Waals surface area contributed by atoms with Gasteiger partial charge in [0.1, 0.15) is 0 Å². The van der Waals surface area contributed by atoms with Gasteiger partial charge in [0.2, 0.25) is 5.95 Å². The third-order valence-corrected chi connectivity index (χ3v) is 6.19. The summed E-state index contributed by atoms with van der Waals surface area (Å²) in [4.78, 5) is 17.6. The minimum Gasteiger partial charge on any atom is -0.317 e. The van der Waals surface area contributed by atoms with E-state index in [1.54, 1.807) is 6.20 Å². The summed E-state index contributed by atoms with van der Waals surface area (Å²) in [6, 6.07) is 8.77. The Labute approximate surface area is 181 Å². The highest BCUT2D eigenvalue weighted by atomic mass is 35.5. The maximum atomic E-state index is 12.9. The molecule has 1 saturated heterocycles. The number of aromatic nitrogens is 5. The highest BCUT2D eigenvalue weighted by Crippen LogP contribution is 2.34. The van der Waals surface area contributed by atoms with Crippen molar-refractivity contribution in [1.82, 2.24) is 29.9 Å². The molecule has 9 heteroatoms. The maximum absolute atomic E-state index is 12.9. The topological polar surface area (TPSA) is 89.7 Å². The van der Waals surface area contributed by atoms with Crippen molar-refractivity contribution >= 4 is 35.3 Å². The molecule has 0 unspecified atom stereocenters. The number of rotatable bonds is 4. The van der Waals surface area contributed by atoms with E-state index < -0.39 is 0 Å². The number of fused-ring (bicyclic) bond motifs is 1. The number of anilines is 1. The molecule has 2 N–H and O–H groups in total. The molecular formula is C21H28ClN7O. The van der Waals surface area contributed by atoms with Crippen molar-refractivity contribution in [3.8, 4) is 0 Å². The zero-order chi connectivity index (χ0) is 19.6. The first-order chi connectivity index (χ1) is 14.3. The Morgan fingerprint density at radius 3 is 2.60 bits per heavy atom. The van der Waals surface area contributed by atoms with Crippen LogP contribution in [0.4, 0.5) is 5.95 Å². The zero-order valence-electron chi connectivity index (χ0n) is 17.0. The average Bonchev–Trinajstić information content (AvgIpc) is 3.40. The van der Waals surface area contributed by atoms with E-state index in [0.29, 0.717) is 23.7 Å². The molecule has 1 aliphatic heterocycles. The Kier molecular flexibility index (Phi) is 6.34. The second-order valence-corrected chi connectivity index (χ2v) is 8.11. The number of nitrogens with one attached hydrogen (secondary N) is 2. The van der Waals surface area contributed by atoms with Crippen molar-refractivity contribution in [3.63, 3.8) is 0 Å². The van der Waals surface area contributed by atoms with Crippen molar-refractivity contribution < 1.29 is 4.79 Å². The van der Waals surface area contributed by atoms with E-state index in [0.717, 1.165) is 49.8 Å². The van der Waals surface area contributed by atoms with Crippen LogP contribution in [0, 0.1) is 0 Å². The summed E-state index contributed by atoms with van der Waals surface area (Å²) < 4.78 is 4.05. The molecule has 1 aromatic carbocycles. The SMILES string of the molecule is Cl.O=C(Nc1nc2ccccc2n1C1CCCCC1)c1cn(C2CCNCC2)nn1. The monoisotopic (exact) mass is 429 g/mol. The smallest absolute Gasteiger partial charge is 0.280 e. The van der Waals surface area contributed by atoms with Gasteiger partial charge in [-0.2, -0.15) is 0 Å². The standard InChI is InChI=1S/C21H27N7O.ClH/c29-20(18-14-27(26-25-18)15-10-12-22-13-11-15)24-21-23-17-8-4-5-9-19(17)28(21)16-6-2-1-3-7-16;/h4-5,8-9,14-16,22H,1-3,6-7,10-13H2,(H,23,24,29);1H. The van der Waals surface area contributed by atoms with E-state index in [1.807, 2.05) is 22.9 Å². The first kappa shape index (κ1) is 20.8. The van der Waals surface area contributed by atoms with Crippen LogP contribution in [0.25, 0.3) is 11.0 Å². The fraction of sp³-hybridized carbons (Fsp3) is 0.524. The lowest BCUT2D eigenvalue weighted by atomic mass is 9.95. The number of hydrogen-bond donors (Lipinski definition) is 2. The minimum absolute atomic E-state index is 0. The molecule has 0 spiro atoms. The summed E-state index contributed by atoms with van der Waals surface area (Å²) in [5.74, 6) is 0.358. The number of benzene rings is 1. The summed E-state index contributed by atoms with van der Waals surface area (Å²) >= 11 is 0. The summed E-state index contributed by atoms with van der Waals surface area (Å²) in [6.07, 6.45) is 9.72. The van der Waals surface area contributed by atoms with Gasteiger partial charge in [-0.15, -0.1) is 17.5 Å². The second kappa shape index (κ2) is 9.14. The fourth-order valence-corrected chi connectivity index (χ4v) is 4.64. The van der Waals surface area contributed by atoms with Crippen LogP contribution >= 0.6 is 12.4 Å². The van der Waals surface area contributed by atoms with Gasteiger partial charge in [-0.25, -0.2) is 9.67 Å². The lowest BCUT2D eigenvalue weighted by Crippen LogP contribution is -2.29. The number of amides is 1. The summed E-state index contributed by atoms with van der Waals surface area (Å²) in [5, 5.41) is 14.7. The number of carbonyl (C=O) groups is 1. The van der Waals surface area contributed by atoms with E-state index in [1.165, 1.54) is 19.3 Å². The molecule has 1 saturated carbocycles. The Balaban J connectivity index is 0.00000218. The van der Waals surface area contributed by atoms with Crippen LogP contribution in [0.3, 0.4) is 0 Å². The van der Waals surface area contributed by atoms with Crippen LogP contribution < -0.4 is 10.6 Å². The average molecular weight is 430 g/mol. The van der Waals surface area contributed by atoms with E-state index in [9.17, 15) is 4.79 Å². The first-order valence-corrected chi connectivity index (χ1v) is 10.7. The lowest BCUT2D eigenvalue weighted by molar-refractivity contribution is 0.102. The maximum Gasteiger partial charge on any atom is 0.280 e. The van der Waals surface area contributed by atoms with Gasteiger partial charge in [-0.1, -0.05) is 36.6 Å². The Morgan fingerprint density at radius 1 is 1.03 bits per heavy atom. The van der Waals surface area contributed by atoms with Crippen LogP contribution in [-0.4, -0.2) is 43.5 Å². The molecule has 1 amide bonds. The van der Waals surface area contributed by atoms with Crippen molar-refractivity contribution in [3.05, 3.63) is 36.2 Å². The molecule has 0 radical (unpaired) electrons. The molecule has 2 aliphatic rings. The summed E-state index contributed by atoms with van der Waals surface area (Å²) in [5.41, 5.74) is 2.32. The molecule has 160 valence electrons. The van der Waals surface area contributed by atoms with Crippen molar-refractivity contribution in [1.29, 1.82) is 0 Å². The largest absolute Gasteiger partial charge is 0.317 e. The molecule has 0 bridgehead atoms. The van der Waals surface area contributed by atoms with E-state index in [4.69, 9.17) is 4.98 Å². The molecule has 2 fully saturated rings. The van der Waals surface area contributed by atoms with Gasteiger partial charge >= 0.3 is 0 Å². The van der Waals surface area contributed by atoms with Gasteiger partial charge in [-0.05, 0) is 50.9 Å². The number of carbonyl (C=O) groups excluding carboxylic acids is 1. The molecule has 5 rings (SSSR count). The van der Waals surface area contributed by atoms with Gasteiger partial charge in [0, 0.05) is 6.04 Å². The Hall–Kier alpha value is -2.45. The number of piperidine rings is 1. The van der Waals surface area contributed by atoms with Crippen LogP contribution in [-0.2, 0) is 0 Å². The summed E-state index contributed by atoms with van der Waals surface area (Å²) in [6.45, 7) is 1.94. The van der Waals surface area contributed by atoms with Gasteiger partial charge in [-0.3, -0.25) is 10.1 Å². The Morgan fingerprint density at radius 2 is 1.80 bits per heavy atom. The van der Waals surface area contributed by atoms with Gasteiger partial charge < -0.3 is 9.88 Å². The van der Waals surface area contributed by atoms with E-state index >= 15 is 0 Å². The van der Waals surface area contributed by atoms with Crippen molar-refractivity contribution in [2.24, 2.45) is 0 Å². The predicted molar refractivity (Wildman–Crippen MR) is 118 cm³/mol. The van der Waals surface area contributed by atoms with Crippen LogP contribution in [0.15, 0.2) is 30.5 Å². The molecule has 2 aromatic heterocycles. The number of imidazole rings is 1. The fourth-order valence-electron chi connectivity index (χ4n) is 4.64. The first-order valence-electron chi connectivity index (χ1n) is 10.7. The van der Waals surface area contributed by atoms with Crippen LogP contribution in [0.1, 0.15) is 67.5 Å². The van der Waals surface area contributed by atoms with Crippen LogP contribution in [0.2, 0.25) is 0 Å². The van der Waals surface area contributed by atoms with Crippen molar-refractivity contribution in [2.75, 3.05) is 18.4 Å². The Bertz CT molecular complexity index is 1000. The summed E-state index contributed by atoms with van der Waals surface area (Å²) in [7, 11) is 0. The molecule has 3 heterocycles. The number of hydrogen-bond acceptors (Lipinski definition) is 5. The molecular weight excluding hydrogens is 402 g/mol. The molecule has 1 aliphatic carbocycles. The zero-order valence-corrected chi connectivity index (χ0v) is 17.8.